The number of halogens is 6. The molecule has 0 saturated carbocycles. The number of aryl methyl sites for hydroxylation is 1. The van der Waals surface area contributed by atoms with Gasteiger partial charge < -0.3 is 0 Å². The standard InChI is InChI=1S/C7H6F6N2O/c1-4-2-14-15(3-4)6(9,10)5(8)16-7(11,12)13/h2-3,5H,1H3. The second-order valence-corrected chi connectivity index (χ2v) is 2.93. The Morgan fingerprint density at radius 1 is 1.31 bits per heavy atom. The van der Waals surface area contributed by atoms with Gasteiger partial charge in [0.05, 0.1) is 6.20 Å². The Hall–Kier alpha value is -1.25. The zero-order valence-electron chi connectivity index (χ0n) is 7.80. The molecule has 92 valence electrons. The number of rotatable bonds is 3. The molecule has 0 bridgehead atoms. The van der Waals surface area contributed by atoms with Crippen molar-refractivity contribution >= 4 is 0 Å². The van der Waals surface area contributed by atoms with Gasteiger partial charge in [-0.15, -0.1) is 13.2 Å². The van der Waals surface area contributed by atoms with Crippen LogP contribution in [0.3, 0.4) is 0 Å². The summed E-state index contributed by atoms with van der Waals surface area (Å²) in [7, 11) is 0. The third kappa shape index (κ3) is 2.87. The van der Waals surface area contributed by atoms with Gasteiger partial charge in [0.15, 0.2) is 0 Å². The van der Waals surface area contributed by atoms with Crippen LogP contribution in [0.2, 0.25) is 0 Å². The van der Waals surface area contributed by atoms with Crippen LogP contribution in [0, 0.1) is 6.92 Å². The first-order chi connectivity index (χ1) is 7.13. The monoisotopic (exact) mass is 248 g/mol. The van der Waals surface area contributed by atoms with Crippen LogP contribution in [0.15, 0.2) is 12.4 Å². The molecule has 1 aromatic rings. The molecular formula is C7H6F6N2O. The highest BCUT2D eigenvalue weighted by molar-refractivity contribution is 5.00. The van der Waals surface area contributed by atoms with Crippen LogP contribution in [0.1, 0.15) is 5.56 Å². The van der Waals surface area contributed by atoms with E-state index in [1.54, 1.807) is 0 Å². The van der Waals surface area contributed by atoms with Crippen molar-refractivity contribution in [2.45, 2.75) is 25.7 Å². The van der Waals surface area contributed by atoms with Crippen LogP contribution in [-0.2, 0) is 10.8 Å². The van der Waals surface area contributed by atoms with Crippen molar-refractivity contribution in [3.63, 3.8) is 0 Å². The van der Waals surface area contributed by atoms with Gasteiger partial charge in [0, 0.05) is 6.20 Å². The molecule has 9 heteroatoms. The zero-order chi connectivity index (χ0) is 12.6. The molecule has 1 aromatic heterocycles. The van der Waals surface area contributed by atoms with Gasteiger partial charge in [-0.2, -0.15) is 13.9 Å². The average molecular weight is 248 g/mol. The molecule has 3 nitrogen and oxygen atoms in total. The number of ether oxygens (including phenoxy) is 1. The summed E-state index contributed by atoms with van der Waals surface area (Å²) in [5, 5.41) is 3.02. The van der Waals surface area contributed by atoms with Crippen LogP contribution in [0.25, 0.3) is 0 Å². The fraction of sp³-hybridized carbons (Fsp3) is 0.571. The summed E-state index contributed by atoms with van der Waals surface area (Å²) in [6.07, 6.45) is -7.68. The maximum absolute atomic E-state index is 13.0. The Labute approximate surface area is 85.6 Å². The molecule has 0 amide bonds. The Balaban J connectivity index is 2.85. The maximum atomic E-state index is 13.0. The first kappa shape index (κ1) is 12.8. The molecule has 0 fully saturated rings. The molecule has 16 heavy (non-hydrogen) atoms. The highest BCUT2D eigenvalue weighted by atomic mass is 19.4. The summed E-state index contributed by atoms with van der Waals surface area (Å²) in [5.74, 6) is 0. The van der Waals surface area contributed by atoms with Crippen LogP contribution < -0.4 is 0 Å². The van der Waals surface area contributed by atoms with Crippen LogP contribution >= 0.6 is 0 Å². The third-order valence-electron chi connectivity index (χ3n) is 1.53. The zero-order valence-corrected chi connectivity index (χ0v) is 7.80. The van der Waals surface area contributed by atoms with Gasteiger partial charge >= 0.3 is 12.4 Å². The lowest BCUT2D eigenvalue weighted by Crippen LogP contribution is -2.39. The van der Waals surface area contributed by atoms with Crippen molar-refractivity contribution in [3.8, 4) is 0 Å². The third-order valence-corrected chi connectivity index (χ3v) is 1.53. The van der Waals surface area contributed by atoms with Gasteiger partial charge in [-0.1, -0.05) is 0 Å². The van der Waals surface area contributed by atoms with E-state index in [4.69, 9.17) is 0 Å². The lowest BCUT2D eigenvalue weighted by molar-refractivity contribution is -0.400. The molecule has 1 atom stereocenters. The summed E-state index contributed by atoms with van der Waals surface area (Å²) in [5.41, 5.74) is 0.249. The average Bonchev–Trinajstić information content (AvgIpc) is 2.48. The summed E-state index contributed by atoms with van der Waals surface area (Å²) < 4.78 is 75.6. The Morgan fingerprint density at radius 2 is 1.88 bits per heavy atom. The summed E-state index contributed by atoms with van der Waals surface area (Å²) in [6, 6.07) is -4.52. The Bertz CT molecular complexity index is 360. The van der Waals surface area contributed by atoms with Crippen LogP contribution in [0.5, 0.6) is 0 Å². The lowest BCUT2D eigenvalue weighted by Gasteiger charge is -2.21. The molecule has 0 radical (unpaired) electrons. The van der Waals surface area contributed by atoms with Crippen molar-refractivity contribution in [1.29, 1.82) is 0 Å². The Kier molecular flexibility index (Phi) is 3.17. The number of hydrogen-bond donors (Lipinski definition) is 0. The molecule has 0 N–H and O–H groups in total. The second-order valence-electron chi connectivity index (χ2n) is 2.93. The lowest BCUT2D eigenvalue weighted by atomic mass is 10.4. The van der Waals surface area contributed by atoms with Gasteiger partial charge in [0.25, 0.3) is 6.36 Å². The quantitative estimate of drug-likeness (QED) is 0.768. The van der Waals surface area contributed by atoms with Gasteiger partial charge in [0.2, 0.25) is 0 Å². The molecule has 0 aliphatic carbocycles. The van der Waals surface area contributed by atoms with Gasteiger partial charge in [-0.3, -0.25) is 0 Å². The molecule has 0 aliphatic rings. The minimum Gasteiger partial charge on any atom is -0.248 e. The molecule has 0 saturated heterocycles. The summed E-state index contributed by atoms with van der Waals surface area (Å²) in [6.45, 7) is 1.37. The molecule has 1 rings (SSSR count). The first-order valence-electron chi connectivity index (χ1n) is 3.91. The first-order valence-corrected chi connectivity index (χ1v) is 3.91. The smallest absolute Gasteiger partial charge is 0.248 e. The molecular weight excluding hydrogens is 242 g/mol. The normalized spacial score (nSPS) is 15.2. The fourth-order valence-electron chi connectivity index (χ4n) is 0.868. The van der Waals surface area contributed by atoms with Crippen molar-refractivity contribution in [2.24, 2.45) is 0 Å². The molecule has 1 heterocycles. The number of aromatic nitrogens is 2. The van der Waals surface area contributed by atoms with Crippen molar-refractivity contribution in [2.75, 3.05) is 0 Å². The number of hydrogen-bond acceptors (Lipinski definition) is 2. The second kappa shape index (κ2) is 3.96. The topological polar surface area (TPSA) is 27.1 Å². The largest absolute Gasteiger partial charge is 0.525 e. The predicted molar refractivity (Wildman–Crippen MR) is 39.2 cm³/mol. The number of nitrogens with zero attached hydrogens (tertiary/aromatic N) is 2. The minimum absolute atomic E-state index is 0.223. The highest BCUT2D eigenvalue weighted by Crippen LogP contribution is 2.32. The molecule has 1 unspecified atom stereocenters. The van der Waals surface area contributed by atoms with Crippen molar-refractivity contribution in [3.05, 3.63) is 18.0 Å². The minimum atomic E-state index is -5.48. The van der Waals surface area contributed by atoms with E-state index < -0.39 is 18.8 Å². The maximum Gasteiger partial charge on any atom is 0.525 e. The van der Waals surface area contributed by atoms with E-state index in [2.05, 4.69) is 9.84 Å². The highest BCUT2D eigenvalue weighted by Gasteiger charge is 2.50. The molecule has 0 aliphatic heterocycles. The SMILES string of the molecule is Cc1cnn(C(F)(F)C(F)OC(F)(F)F)c1. The summed E-state index contributed by atoms with van der Waals surface area (Å²) in [4.78, 5) is 0. The van der Waals surface area contributed by atoms with Gasteiger partial charge in [-0.25, -0.2) is 13.8 Å². The molecule has 0 spiro atoms. The van der Waals surface area contributed by atoms with E-state index in [1.807, 2.05) is 0 Å². The van der Waals surface area contributed by atoms with Crippen molar-refractivity contribution < 1.29 is 31.1 Å². The molecule has 0 aromatic carbocycles. The van der Waals surface area contributed by atoms with E-state index in [-0.39, 0.29) is 10.2 Å². The fourth-order valence-corrected chi connectivity index (χ4v) is 0.868. The van der Waals surface area contributed by atoms with E-state index in [9.17, 15) is 26.3 Å². The van der Waals surface area contributed by atoms with Crippen LogP contribution in [0.4, 0.5) is 26.3 Å². The number of alkyl halides is 6. The van der Waals surface area contributed by atoms with Crippen LogP contribution in [-0.4, -0.2) is 22.5 Å². The van der Waals surface area contributed by atoms with E-state index in [0.29, 0.717) is 6.20 Å². The van der Waals surface area contributed by atoms with Crippen molar-refractivity contribution in [1.82, 2.24) is 9.78 Å². The summed E-state index contributed by atoms with van der Waals surface area (Å²) >= 11 is 0. The van der Waals surface area contributed by atoms with Gasteiger partial charge in [0.1, 0.15) is 0 Å². The Morgan fingerprint density at radius 3 is 2.25 bits per heavy atom. The van der Waals surface area contributed by atoms with Gasteiger partial charge in [-0.05, 0) is 12.5 Å². The van der Waals surface area contributed by atoms with E-state index in [1.165, 1.54) is 6.92 Å². The van der Waals surface area contributed by atoms with E-state index in [0.717, 1.165) is 6.20 Å². The predicted octanol–water partition coefficient (Wildman–Crippen LogP) is 2.57. The van der Waals surface area contributed by atoms with E-state index >= 15 is 0 Å².